The van der Waals surface area contributed by atoms with E-state index in [1.54, 1.807) is 16.8 Å². The van der Waals surface area contributed by atoms with Crippen LogP contribution in [0.25, 0.3) is 5.70 Å². The highest BCUT2D eigenvalue weighted by molar-refractivity contribution is 6.42. The van der Waals surface area contributed by atoms with E-state index in [0.717, 1.165) is 5.69 Å². The Labute approximate surface area is 166 Å². The van der Waals surface area contributed by atoms with E-state index in [0.29, 0.717) is 32.8 Å². The lowest BCUT2D eigenvalue weighted by atomic mass is 10.2. The maximum Gasteiger partial charge on any atom is 0.251 e. The number of halogens is 2. The number of anilines is 3. The van der Waals surface area contributed by atoms with Crippen LogP contribution in [0.1, 0.15) is 10.4 Å². The fourth-order valence-electron chi connectivity index (χ4n) is 2.38. The third-order valence-corrected chi connectivity index (χ3v) is 4.51. The van der Waals surface area contributed by atoms with Gasteiger partial charge in [-0.1, -0.05) is 48.0 Å². The molecule has 0 aliphatic carbocycles. The molecule has 8 heteroatoms. The maximum absolute atomic E-state index is 12.3. The first-order valence-corrected chi connectivity index (χ1v) is 8.78. The number of nitrogens with one attached hydrogen (secondary N) is 2. The van der Waals surface area contributed by atoms with Crippen LogP contribution in [0.5, 0.6) is 0 Å². The van der Waals surface area contributed by atoms with Crippen LogP contribution in [-0.2, 0) is 0 Å². The van der Waals surface area contributed by atoms with E-state index >= 15 is 0 Å². The molecule has 0 spiro atoms. The van der Waals surface area contributed by atoms with Crippen molar-refractivity contribution in [3.63, 3.8) is 0 Å². The average molecular weight is 402 g/mol. The van der Waals surface area contributed by atoms with Crippen LogP contribution in [0.3, 0.4) is 0 Å². The normalized spacial score (nSPS) is 10.4. The van der Waals surface area contributed by atoms with Crippen molar-refractivity contribution in [2.75, 3.05) is 17.6 Å². The predicted octanol–water partition coefficient (Wildman–Crippen LogP) is 4.42. The van der Waals surface area contributed by atoms with Gasteiger partial charge in [-0.05, 0) is 30.3 Å². The Morgan fingerprint density at radius 3 is 2.59 bits per heavy atom. The van der Waals surface area contributed by atoms with Gasteiger partial charge in [0.1, 0.15) is 0 Å². The Bertz CT molecular complexity index is 985. The molecule has 138 valence electrons. The molecule has 3 rings (SSSR count). The molecule has 1 amide bonds. The molecule has 0 saturated carbocycles. The molecular weight excluding hydrogens is 385 g/mol. The number of carbonyl (C=O) groups excluding carboxylic acids is 1. The standard InChI is InChI=1S/C19H17Cl2N5O/c1-12(10-23-19(27)13-7-8-15(20)16(21)9-13)26-18(17(22)11-24-26)25-14-5-3-2-4-6-14/h2-9,11,25H,1,10,22H2,(H,23,27). The van der Waals surface area contributed by atoms with Crippen molar-refractivity contribution in [3.8, 4) is 0 Å². The summed E-state index contributed by atoms with van der Waals surface area (Å²) >= 11 is 11.8. The highest BCUT2D eigenvalue weighted by Gasteiger charge is 2.13. The fraction of sp³-hybridized carbons (Fsp3) is 0.0526. The second-order valence-electron chi connectivity index (χ2n) is 5.73. The lowest BCUT2D eigenvalue weighted by Gasteiger charge is -2.13. The number of hydrogen-bond donors (Lipinski definition) is 3. The molecule has 0 fully saturated rings. The summed E-state index contributed by atoms with van der Waals surface area (Å²) in [6, 6.07) is 14.2. The van der Waals surface area contributed by atoms with Gasteiger partial charge in [-0.2, -0.15) is 5.10 Å². The number of nitrogen functional groups attached to an aromatic ring is 1. The Morgan fingerprint density at radius 1 is 1.15 bits per heavy atom. The Hall–Kier alpha value is -2.96. The number of rotatable bonds is 6. The number of para-hydroxylation sites is 1. The zero-order valence-electron chi connectivity index (χ0n) is 14.2. The van der Waals surface area contributed by atoms with E-state index in [1.165, 1.54) is 12.3 Å². The molecule has 6 nitrogen and oxygen atoms in total. The van der Waals surface area contributed by atoms with Gasteiger partial charge in [-0.3, -0.25) is 4.79 Å². The number of carbonyl (C=O) groups is 1. The van der Waals surface area contributed by atoms with Crippen molar-refractivity contribution in [1.29, 1.82) is 0 Å². The van der Waals surface area contributed by atoms with E-state index in [2.05, 4.69) is 22.3 Å². The third-order valence-electron chi connectivity index (χ3n) is 3.77. The summed E-state index contributed by atoms with van der Waals surface area (Å²) in [5.41, 5.74) is 8.27. The van der Waals surface area contributed by atoms with Gasteiger partial charge >= 0.3 is 0 Å². The molecule has 2 aromatic carbocycles. The molecule has 0 unspecified atom stereocenters. The third kappa shape index (κ3) is 4.42. The Balaban J connectivity index is 1.69. The monoisotopic (exact) mass is 401 g/mol. The molecule has 1 heterocycles. The van der Waals surface area contributed by atoms with Crippen LogP contribution in [0, 0.1) is 0 Å². The second kappa shape index (κ2) is 8.16. The van der Waals surface area contributed by atoms with Gasteiger partial charge in [-0.15, -0.1) is 0 Å². The highest BCUT2D eigenvalue weighted by atomic mass is 35.5. The number of nitrogens with two attached hydrogens (primary N) is 1. The quantitative estimate of drug-likeness (QED) is 0.570. The fourth-order valence-corrected chi connectivity index (χ4v) is 2.68. The molecule has 3 aromatic rings. The predicted molar refractivity (Wildman–Crippen MR) is 110 cm³/mol. The minimum absolute atomic E-state index is 0.170. The van der Waals surface area contributed by atoms with Crippen LogP contribution in [-0.4, -0.2) is 22.2 Å². The number of amides is 1. The average Bonchev–Trinajstić information content (AvgIpc) is 3.03. The van der Waals surface area contributed by atoms with Crippen LogP contribution >= 0.6 is 23.2 Å². The molecule has 1 aromatic heterocycles. The minimum atomic E-state index is -0.299. The van der Waals surface area contributed by atoms with Gasteiger partial charge in [-0.25, -0.2) is 4.68 Å². The SMILES string of the molecule is C=C(CNC(=O)c1ccc(Cl)c(Cl)c1)n1ncc(N)c1Nc1ccccc1. The van der Waals surface area contributed by atoms with Gasteiger partial charge in [0.25, 0.3) is 5.91 Å². The number of benzene rings is 2. The van der Waals surface area contributed by atoms with Crippen molar-refractivity contribution < 1.29 is 4.79 Å². The molecule has 27 heavy (non-hydrogen) atoms. The van der Waals surface area contributed by atoms with Gasteiger partial charge < -0.3 is 16.4 Å². The molecule has 0 aliphatic heterocycles. The van der Waals surface area contributed by atoms with E-state index in [1.807, 2.05) is 30.3 Å². The first kappa shape index (κ1) is 18.8. The molecule has 0 bridgehead atoms. The first-order chi connectivity index (χ1) is 13.0. The second-order valence-corrected chi connectivity index (χ2v) is 6.54. The van der Waals surface area contributed by atoms with E-state index < -0.39 is 0 Å². The molecule has 0 radical (unpaired) electrons. The van der Waals surface area contributed by atoms with Crippen LogP contribution in [0.2, 0.25) is 10.0 Å². The van der Waals surface area contributed by atoms with Crippen molar-refractivity contribution in [2.24, 2.45) is 0 Å². The largest absolute Gasteiger partial charge is 0.394 e. The molecule has 0 saturated heterocycles. The Kier molecular flexibility index (Phi) is 5.69. The van der Waals surface area contributed by atoms with Crippen molar-refractivity contribution >= 4 is 52.0 Å². The lowest BCUT2D eigenvalue weighted by Crippen LogP contribution is -2.26. The summed E-state index contributed by atoms with van der Waals surface area (Å²) in [6.07, 6.45) is 1.53. The van der Waals surface area contributed by atoms with Crippen molar-refractivity contribution in [1.82, 2.24) is 15.1 Å². The number of aromatic nitrogens is 2. The van der Waals surface area contributed by atoms with Crippen molar-refractivity contribution in [2.45, 2.75) is 0 Å². The first-order valence-electron chi connectivity index (χ1n) is 8.02. The maximum atomic E-state index is 12.3. The van der Waals surface area contributed by atoms with E-state index in [-0.39, 0.29) is 12.5 Å². The zero-order chi connectivity index (χ0) is 19.4. The summed E-state index contributed by atoms with van der Waals surface area (Å²) in [5.74, 6) is 0.280. The van der Waals surface area contributed by atoms with Gasteiger partial charge in [0.05, 0.1) is 34.2 Å². The van der Waals surface area contributed by atoms with Crippen LogP contribution in [0.4, 0.5) is 17.2 Å². The van der Waals surface area contributed by atoms with Gasteiger partial charge in [0.2, 0.25) is 0 Å². The molecule has 0 aliphatic rings. The number of nitrogens with zero attached hydrogens (tertiary/aromatic N) is 2. The van der Waals surface area contributed by atoms with Gasteiger partial charge in [0, 0.05) is 11.3 Å². The van der Waals surface area contributed by atoms with Crippen molar-refractivity contribution in [3.05, 3.63) is 76.9 Å². The topological polar surface area (TPSA) is 85.0 Å². The van der Waals surface area contributed by atoms with Gasteiger partial charge in [0.15, 0.2) is 5.82 Å². The molecular formula is C19H17Cl2N5O. The summed E-state index contributed by atoms with van der Waals surface area (Å²) < 4.78 is 1.55. The summed E-state index contributed by atoms with van der Waals surface area (Å²) in [6.45, 7) is 4.15. The number of hydrogen-bond acceptors (Lipinski definition) is 4. The van der Waals surface area contributed by atoms with Crippen LogP contribution in [0.15, 0.2) is 61.3 Å². The van der Waals surface area contributed by atoms with E-state index in [4.69, 9.17) is 28.9 Å². The smallest absolute Gasteiger partial charge is 0.251 e. The van der Waals surface area contributed by atoms with E-state index in [9.17, 15) is 4.79 Å². The summed E-state index contributed by atoms with van der Waals surface area (Å²) in [7, 11) is 0. The van der Waals surface area contributed by atoms with Crippen LogP contribution < -0.4 is 16.4 Å². The highest BCUT2D eigenvalue weighted by Crippen LogP contribution is 2.25. The Morgan fingerprint density at radius 2 is 1.89 bits per heavy atom. The molecule has 0 atom stereocenters. The zero-order valence-corrected chi connectivity index (χ0v) is 15.8. The summed E-state index contributed by atoms with van der Waals surface area (Å²) in [5, 5.41) is 10.9. The lowest BCUT2D eigenvalue weighted by molar-refractivity contribution is 0.0958. The minimum Gasteiger partial charge on any atom is -0.394 e. The summed E-state index contributed by atoms with van der Waals surface area (Å²) in [4.78, 5) is 12.3. The molecule has 4 N–H and O–H groups in total.